The van der Waals surface area contributed by atoms with Crippen molar-refractivity contribution in [1.82, 2.24) is 4.90 Å². The minimum Gasteiger partial charge on any atom is -0.493 e. The van der Waals surface area contributed by atoms with Crippen LogP contribution in [0.1, 0.15) is 31.2 Å². The van der Waals surface area contributed by atoms with E-state index in [0.717, 1.165) is 6.42 Å². The summed E-state index contributed by atoms with van der Waals surface area (Å²) < 4.78 is 5.75. The Morgan fingerprint density at radius 3 is 3.00 bits per heavy atom. The molecule has 0 aromatic heterocycles. The topological polar surface area (TPSA) is 71.1 Å². The molecule has 0 radical (unpaired) electrons. The summed E-state index contributed by atoms with van der Waals surface area (Å²) in [6.07, 6.45) is 4.84. The number of oxime groups is 1. The fourth-order valence-electron chi connectivity index (χ4n) is 2.67. The number of nitrogens with zero attached hydrogens (tertiary/aromatic N) is 2. The average molecular weight is 312 g/mol. The maximum atomic E-state index is 8.66. The Morgan fingerprint density at radius 1 is 1.52 bits per heavy atom. The second kappa shape index (κ2) is 7.52. The number of likely N-dealkylation sites (tertiary alicyclic amines) is 1. The van der Waals surface area contributed by atoms with Crippen LogP contribution in [-0.4, -0.2) is 42.2 Å². The summed E-state index contributed by atoms with van der Waals surface area (Å²) >= 11 is 6.09. The quantitative estimate of drug-likeness (QED) is 0.379. The number of hydrogen-bond donors (Lipinski definition) is 2. The molecule has 5 nitrogen and oxygen atoms in total. The molecule has 1 aromatic carbocycles. The number of halogens is 1. The number of hydrogen-bond acceptors (Lipinski definition) is 4. The first-order chi connectivity index (χ1) is 10.1. The Morgan fingerprint density at radius 2 is 2.33 bits per heavy atom. The van der Waals surface area contributed by atoms with Gasteiger partial charge < -0.3 is 20.6 Å². The number of benzene rings is 1. The number of amidine groups is 1. The van der Waals surface area contributed by atoms with Crippen molar-refractivity contribution in [2.45, 2.75) is 31.7 Å². The lowest BCUT2D eigenvalue weighted by Gasteiger charge is -2.32. The Balaban J connectivity index is 1.87. The minimum atomic E-state index is -0.00428. The zero-order chi connectivity index (χ0) is 15.2. The molecule has 1 heterocycles. The standard InChI is InChI=1S/C15H22ClN3O2/c1-19-8-3-2-4-11(19)7-9-21-12-5-6-13(14(16)10-12)15(17)18-20/h5-6,10-11,20H,2-4,7-9H2,1H3,(H2,17,18). The van der Waals surface area contributed by atoms with E-state index in [2.05, 4.69) is 17.1 Å². The van der Waals surface area contributed by atoms with E-state index in [1.165, 1.54) is 25.8 Å². The molecule has 1 aliphatic heterocycles. The zero-order valence-corrected chi connectivity index (χ0v) is 13.0. The molecule has 0 saturated carbocycles. The smallest absolute Gasteiger partial charge is 0.171 e. The summed E-state index contributed by atoms with van der Waals surface area (Å²) in [5.74, 6) is 0.698. The van der Waals surface area contributed by atoms with Crippen LogP contribution >= 0.6 is 11.6 Å². The second-order valence-electron chi connectivity index (χ2n) is 5.39. The van der Waals surface area contributed by atoms with Crippen molar-refractivity contribution in [3.8, 4) is 5.75 Å². The average Bonchev–Trinajstić information content (AvgIpc) is 2.48. The highest BCUT2D eigenvalue weighted by molar-refractivity contribution is 6.34. The van der Waals surface area contributed by atoms with Gasteiger partial charge in [-0.05, 0) is 51.1 Å². The van der Waals surface area contributed by atoms with Gasteiger partial charge in [-0.1, -0.05) is 23.2 Å². The van der Waals surface area contributed by atoms with Gasteiger partial charge in [-0.3, -0.25) is 0 Å². The molecule has 1 atom stereocenters. The summed E-state index contributed by atoms with van der Waals surface area (Å²) in [6.45, 7) is 1.83. The van der Waals surface area contributed by atoms with Gasteiger partial charge in [0.2, 0.25) is 0 Å². The summed E-state index contributed by atoms with van der Waals surface area (Å²) in [4.78, 5) is 2.40. The van der Waals surface area contributed by atoms with E-state index in [-0.39, 0.29) is 5.84 Å². The van der Waals surface area contributed by atoms with Crippen LogP contribution in [-0.2, 0) is 0 Å². The van der Waals surface area contributed by atoms with Gasteiger partial charge in [0.05, 0.1) is 11.6 Å². The Bertz CT molecular complexity index is 508. The number of piperidine rings is 1. The number of ether oxygens (including phenoxy) is 1. The van der Waals surface area contributed by atoms with Gasteiger partial charge in [0.25, 0.3) is 0 Å². The van der Waals surface area contributed by atoms with E-state index < -0.39 is 0 Å². The molecule has 1 aliphatic rings. The third-order valence-electron chi connectivity index (χ3n) is 3.97. The van der Waals surface area contributed by atoms with Crippen molar-refractivity contribution in [3.05, 3.63) is 28.8 Å². The fraction of sp³-hybridized carbons (Fsp3) is 0.533. The Labute approximate surface area is 130 Å². The predicted octanol–water partition coefficient (Wildman–Crippen LogP) is 2.69. The van der Waals surface area contributed by atoms with Crippen LogP contribution in [0.3, 0.4) is 0 Å². The highest BCUT2D eigenvalue weighted by Crippen LogP contribution is 2.23. The van der Waals surface area contributed by atoms with E-state index in [1.807, 2.05) is 0 Å². The number of nitrogens with two attached hydrogens (primary N) is 1. The highest BCUT2D eigenvalue weighted by Gasteiger charge is 2.18. The van der Waals surface area contributed by atoms with Gasteiger partial charge in [0.1, 0.15) is 5.75 Å². The molecule has 1 saturated heterocycles. The van der Waals surface area contributed by atoms with Crippen molar-refractivity contribution in [2.75, 3.05) is 20.2 Å². The predicted molar refractivity (Wildman–Crippen MR) is 84.3 cm³/mol. The van der Waals surface area contributed by atoms with Crippen LogP contribution in [0.2, 0.25) is 5.02 Å². The molecule has 3 N–H and O–H groups in total. The SMILES string of the molecule is CN1CCCCC1CCOc1ccc(/C(N)=N/O)c(Cl)c1. The molecular weight excluding hydrogens is 290 g/mol. The van der Waals surface area contributed by atoms with Crippen LogP contribution in [0.4, 0.5) is 0 Å². The van der Waals surface area contributed by atoms with Crippen molar-refractivity contribution in [1.29, 1.82) is 0 Å². The monoisotopic (exact) mass is 311 g/mol. The van der Waals surface area contributed by atoms with Gasteiger partial charge >= 0.3 is 0 Å². The summed E-state index contributed by atoms with van der Waals surface area (Å²) in [5.41, 5.74) is 6.03. The van der Waals surface area contributed by atoms with Crippen molar-refractivity contribution in [3.63, 3.8) is 0 Å². The van der Waals surface area contributed by atoms with Crippen LogP contribution in [0.5, 0.6) is 5.75 Å². The Kier molecular flexibility index (Phi) is 5.70. The number of rotatable bonds is 5. The molecule has 0 spiro atoms. The maximum absolute atomic E-state index is 8.66. The summed E-state index contributed by atoms with van der Waals surface area (Å²) in [5, 5.41) is 12.0. The molecule has 1 unspecified atom stereocenters. The molecule has 1 fully saturated rings. The third-order valence-corrected chi connectivity index (χ3v) is 4.28. The lowest BCUT2D eigenvalue weighted by atomic mass is 10.0. The molecule has 116 valence electrons. The lowest BCUT2D eigenvalue weighted by molar-refractivity contribution is 0.153. The third kappa shape index (κ3) is 4.25. The minimum absolute atomic E-state index is 0.00428. The zero-order valence-electron chi connectivity index (χ0n) is 12.3. The normalized spacial score (nSPS) is 20.5. The first-order valence-electron chi connectivity index (χ1n) is 7.22. The molecule has 6 heteroatoms. The largest absolute Gasteiger partial charge is 0.493 e. The first kappa shape index (κ1) is 15.9. The highest BCUT2D eigenvalue weighted by atomic mass is 35.5. The molecule has 0 aliphatic carbocycles. The van der Waals surface area contributed by atoms with Gasteiger partial charge in [-0.2, -0.15) is 0 Å². The summed E-state index contributed by atoms with van der Waals surface area (Å²) in [7, 11) is 2.17. The van der Waals surface area contributed by atoms with Crippen molar-refractivity contribution < 1.29 is 9.94 Å². The molecular formula is C15H22ClN3O2. The van der Waals surface area contributed by atoms with Crippen LogP contribution < -0.4 is 10.5 Å². The van der Waals surface area contributed by atoms with Crippen molar-refractivity contribution >= 4 is 17.4 Å². The molecule has 0 amide bonds. The van der Waals surface area contributed by atoms with Gasteiger partial charge in [0, 0.05) is 11.6 Å². The lowest BCUT2D eigenvalue weighted by Crippen LogP contribution is -2.37. The van der Waals surface area contributed by atoms with Crippen LogP contribution in [0.25, 0.3) is 0 Å². The van der Waals surface area contributed by atoms with E-state index in [0.29, 0.717) is 29.0 Å². The molecule has 1 aromatic rings. The first-order valence-corrected chi connectivity index (χ1v) is 7.60. The fourth-order valence-corrected chi connectivity index (χ4v) is 2.94. The van der Waals surface area contributed by atoms with E-state index in [9.17, 15) is 0 Å². The molecule has 21 heavy (non-hydrogen) atoms. The van der Waals surface area contributed by atoms with Gasteiger partial charge in [0.15, 0.2) is 5.84 Å². The second-order valence-corrected chi connectivity index (χ2v) is 5.80. The maximum Gasteiger partial charge on any atom is 0.171 e. The van der Waals surface area contributed by atoms with Gasteiger partial charge in [-0.25, -0.2) is 0 Å². The van der Waals surface area contributed by atoms with Crippen LogP contribution in [0, 0.1) is 0 Å². The van der Waals surface area contributed by atoms with Gasteiger partial charge in [-0.15, -0.1) is 0 Å². The molecule has 0 bridgehead atoms. The van der Waals surface area contributed by atoms with Crippen molar-refractivity contribution in [2.24, 2.45) is 10.9 Å². The summed E-state index contributed by atoms with van der Waals surface area (Å²) in [6, 6.07) is 5.77. The van der Waals surface area contributed by atoms with Crippen LogP contribution in [0.15, 0.2) is 23.4 Å². The Hall–Kier alpha value is -1.46. The molecule has 2 rings (SSSR count). The van der Waals surface area contributed by atoms with E-state index >= 15 is 0 Å². The van der Waals surface area contributed by atoms with E-state index in [4.69, 9.17) is 27.3 Å². The van der Waals surface area contributed by atoms with E-state index in [1.54, 1.807) is 18.2 Å².